The average molecular weight is 321 g/mol. The number of carbonyl (C=O) groups excluding carboxylic acids is 1. The summed E-state index contributed by atoms with van der Waals surface area (Å²) in [5, 5.41) is 8.88. The van der Waals surface area contributed by atoms with Gasteiger partial charge in [-0.3, -0.25) is 9.59 Å². The highest BCUT2D eigenvalue weighted by atomic mass is 32.1. The smallest absolute Gasteiger partial charge is 0.303 e. The second kappa shape index (κ2) is 6.41. The van der Waals surface area contributed by atoms with Gasteiger partial charge in [-0.05, 0) is 51.2 Å². The molecule has 4 nitrogen and oxygen atoms in total. The Hall–Kier alpha value is -1.36. The maximum atomic E-state index is 12.8. The molecule has 3 atom stereocenters. The zero-order valence-electron chi connectivity index (χ0n) is 13.0. The number of aryl methyl sites for hydroxylation is 1. The lowest BCUT2D eigenvalue weighted by atomic mass is 9.97. The molecule has 22 heavy (non-hydrogen) atoms. The van der Waals surface area contributed by atoms with Gasteiger partial charge < -0.3 is 10.0 Å². The Kier molecular flexibility index (Phi) is 4.52. The second-order valence-corrected chi connectivity index (χ2v) is 7.83. The number of piperidine rings is 1. The van der Waals surface area contributed by atoms with Crippen molar-refractivity contribution >= 4 is 23.2 Å². The predicted molar refractivity (Wildman–Crippen MR) is 86.1 cm³/mol. The van der Waals surface area contributed by atoms with Crippen molar-refractivity contribution < 1.29 is 14.7 Å². The molecule has 1 aliphatic carbocycles. The molecule has 1 saturated heterocycles. The van der Waals surface area contributed by atoms with E-state index in [1.54, 1.807) is 11.3 Å². The standard InChI is InChI=1S/C17H23NO3S/c1-11-5-7-15(22-11)13-10-14(13)17(21)18-9-3-2-4-12(18)6-8-16(19)20/h5,7,12-14H,2-4,6,8-10H2,1H3,(H,19,20)/t12-,13+,14-/m0/s1. The van der Waals surface area contributed by atoms with Crippen LogP contribution in [-0.4, -0.2) is 34.5 Å². The van der Waals surface area contributed by atoms with Gasteiger partial charge in [0.15, 0.2) is 0 Å². The zero-order valence-corrected chi connectivity index (χ0v) is 13.8. The number of carboxylic acid groups (broad SMARTS) is 1. The molecule has 3 rings (SSSR count). The van der Waals surface area contributed by atoms with Gasteiger partial charge in [0, 0.05) is 40.6 Å². The van der Waals surface area contributed by atoms with Crippen LogP contribution in [0, 0.1) is 12.8 Å². The fraction of sp³-hybridized carbons (Fsp3) is 0.647. The molecule has 0 unspecified atom stereocenters. The summed E-state index contributed by atoms with van der Waals surface area (Å²) in [4.78, 5) is 28.2. The summed E-state index contributed by atoms with van der Waals surface area (Å²) in [7, 11) is 0. The number of amides is 1. The van der Waals surface area contributed by atoms with Gasteiger partial charge in [-0.25, -0.2) is 0 Å². The fourth-order valence-electron chi connectivity index (χ4n) is 3.53. The van der Waals surface area contributed by atoms with Crippen molar-refractivity contribution in [2.24, 2.45) is 5.92 Å². The molecule has 1 amide bonds. The third kappa shape index (κ3) is 3.35. The van der Waals surface area contributed by atoms with Crippen molar-refractivity contribution in [1.82, 2.24) is 4.90 Å². The molecule has 0 radical (unpaired) electrons. The van der Waals surface area contributed by atoms with Crippen molar-refractivity contribution in [2.75, 3.05) is 6.54 Å². The van der Waals surface area contributed by atoms with Gasteiger partial charge in [0.25, 0.3) is 0 Å². The van der Waals surface area contributed by atoms with Crippen LogP contribution in [0.15, 0.2) is 12.1 Å². The van der Waals surface area contributed by atoms with Crippen molar-refractivity contribution in [2.45, 2.75) is 57.4 Å². The van der Waals surface area contributed by atoms with E-state index >= 15 is 0 Å². The van der Waals surface area contributed by atoms with E-state index < -0.39 is 5.97 Å². The third-order valence-corrected chi connectivity index (χ3v) is 5.97. The largest absolute Gasteiger partial charge is 0.481 e. The highest BCUT2D eigenvalue weighted by Gasteiger charge is 2.47. The Balaban J connectivity index is 1.62. The summed E-state index contributed by atoms with van der Waals surface area (Å²) in [6.45, 7) is 2.90. The summed E-state index contributed by atoms with van der Waals surface area (Å²) in [5.74, 6) is 0.0131. The van der Waals surface area contributed by atoms with Crippen molar-refractivity contribution in [3.05, 3.63) is 21.9 Å². The molecule has 1 aromatic heterocycles. The minimum Gasteiger partial charge on any atom is -0.481 e. The summed E-state index contributed by atoms with van der Waals surface area (Å²) in [6.07, 6.45) is 4.82. The molecule has 1 aromatic rings. The minimum atomic E-state index is -0.767. The molecular formula is C17H23NO3S. The lowest BCUT2D eigenvalue weighted by molar-refractivity contribution is -0.140. The fourth-order valence-corrected chi connectivity index (χ4v) is 4.58. The van der Waals surface area contributed by atoms with E-state index in [-0.39, 0.29) is 24.3 Å². The molecule has 1 saturated carbocycles. The van der Waals surface area contributed by atoms with Crippen molar-refractivity contribution in [1.29, 1.82) is 0 Å². The first kappa shape index (κ1) is 15.5. The van der Waals surface area contributed by atoms with Gasteiger partial charge >= 0.3 is 5.97 Å². The van der Waals surface area contributed by atoms with Crippen LogP contribution in [0.4, 0.5) is 0 Å². The van der Waals surface area contributed by atoms with Crippen LogP contribution in [0.1, 0.15) is 54.2 Å². The lowest BCUT2D eigenvalue weighted by Gasteiger charge is -2.36. The third-order valence-electron chi connectivity index (χ3n) is 4.84. The Morgan fingerprint density at radius 2 is 2.18 bits per heavy atom. The van der Waals surface area contributed by atoms with E-state index in [4.69, 9.17) is 5.11 Å². The molecule has 1 N–H and O–H groups in total. The lowest BCUT2D eigenvalue weighted by Crippen LogP contribution is -2.44. The minimum absolute atomic E-state index is 0.128. The first-order valence-electron chi connectivity index (χ1n) is 8.15. The molecule has 0 spiro atoms. The molecule has 5 heteroatoms. The van der Waals surface area contributed by atoms with Gasteiger partial charge in [0.2, 0.25) is 5.91 Å². The molecule has 120 valence electrons. The zero-order chi connectivity index (χ0) is 15.7. The van der Waals surface area contributed by atoms with Gasteiger partial charge in [-0.1, -0.05) is 0 Å². The predicted octanol–water partition coefficient (Wildman–Crippen LogP) is 3.41. The normalized spacial score (nSPS) is 27.7. The van der Waals surface area contributed by atoms with E-state index in [2.05, 4.69) is 19.1 Å². The van der Waals surface area contributed by atoms with Gasteiger partial charge in [-0.15, -0.1) is 11.3 Å². The van der Waals surface area contributed by atoms with E-state index in [0.717, 1.165) is 32.2 Å². The number of aliphatic carboxylic acids is 1. The Labute approximate surface area is 135 Å². The summed E-state index contributed by atoms with van der Waals surface area (Å²) in [6, 6.07) is 4.40. The average Bonchev–Trinajstić information content (AvgIpc) is 3.19. The van der Waals surface area contributed by atoms with Crippen LogP contribution >= 0.6 is 11.3 Å². The van der Waals surface area contributed by atoms with E-state index in [9.17, 15) is 9.59 Å². The molecule has 0 bridgehead atoms. The van der Waals surface area contributed by atoms with Gasteiger partial charge in [-0.2, -0.15) is 0 Å². The maximum Gasteiger partial charge on any atom is 0.303 e. The van der Waals surface area contributed by atoms with Crippen LogP contribution in [0.2, 0.25) is 0 Å². The quantitative estimate of drug-likeness (QED) is 0.904. The number of rotatable bonds is 5. The number of likely N-dealkylation sites (tertiary alicyclic amines) is 1. The van der Waals surface area contributed by atoms with Crippen LogP contribution < -0.4 is 0 Å². The molecule has 1 aliphatic heterocycles. The maximum absolute atomic E-state index is 12.8. The van der Waals surface area contributed by atoms with Crippen LogP contribution in [0.3, 0.4) is 0 Å². The Morgan fingerprint density at radius 3 is 2.86 bits per heavy atom. The van der Waals surface area contributed by atoms with Crippen molar-refractivity contribution in [3.63, 3.8) is 0 Å². The first-order chi connectivity index (χ1) is 10.6. The molecule has 2 aliphatic rings. The van der Waals surface area contributed by atoms with E-state index in [1.807, 2.05) is 4.90 Å². The Morgan fingerprint density at radius 1 is 1.36 bits per heavy atom. The van der Waals surface area contributed by atoms with Crippen molar-refractivity contribution in [3.8, 4) is 0 Å². The number of hydrogen-bond acceptors (Lipinski definition) is 3. The van der Waals surface area contributed by atoms with Crippen LogP contribution in [0.5, 0.6) is 0 Å². The highest BCUT2D eigenvalue weighted by Crippen LogP contribution is 2.51. The summed E-state index contributed by atoms with van der Waals surface area (Å²) in [5.41, 5.74) is 0. The van der Waals surface area contributed by atoms with Gasteiger partial charge in [0.1, 0.15) is 0 Å². The van der Waals surface area contributed by atoms with E-state index in [1.165, 1.54) is 9.75 Å². The van der Waals surface area contributed by atoms with E-state index in [0.29, 0.717) is 12.3 Å². The molecular weight excluding hydrogens is 298 g/mol. The number of carboxylic acids is 1. The monoisotopic (exact) mass is 321 g/mol. The second-order valence-electron chi connectivity index (χ2n) is 6.51. The van der Waals surface area contributed by atoms with Crippen LogP contribution in [0.25, 0.3) is 0 Å². The van der Waals surface area contributed by atoms with Gasteiger partial charge in [0.05, 0.1) is 0 Å². The molecule has 2 fully saturated rings. The topological polar surface area (TPSA) is 57.6 Å². The van der Waals surface area contributed by atoms with Crippen LogP contribution in [-0.2, 0) is 9.59 Å². The number of carbonyl (C=O) groups is 2. The summed E-state index contributed by atoms with van der Waals surface area (Å²) >= 11 is 1.79. The molecule has 0 aromatic carbocycles. The number of nitrogens with zero attached hydrogens (tertiary/aromatic N) is 1. The number of hydrogen-bond donors (Lipinski definition) is 1. The summed E-state index contributed by atoms with van der Waals surface area (Å²) < 4.78 is 0. The number of thiophene rings is 1. The first-order valence-corrected chi connectivity index (χ1v) is 8.96. The Bertz CT molecular complexity index is 568. The molecule has 2 heterocycles. The SMILES string of the molecule is Cc1ccc([C@@H]2C[C@@H]2C(=O)N2CCCC[C@H]2CCC(=O)O)s1. The highest BCUT2D eigenvalue weighted by molar-refractivity contribution is 7.12.